The van der Waals surface area contributed by atoms with Gasteiger partial charge in [-0.1, -0.05) is 41.4 Å². The molecule has 128 valence electrons. The third kappa shape index (κ3) is 2.67. The first-order chi connectivity index (χ1) is 12.1. The van der Waals surface area contributed by atoms with Crippen molar-refractivity contribution in [2.24, 2.45) is 0 Å². The molecule has 4 nitrogen and oxygen atoms in total. The Morgan fingerprint density at radius 1 is 1.24 bits per heavy atom. The van der Waals surface area contributed by atoms with Crippen molar-refractivity contribution in [1.82, 2.24) is 9.88 Å². The van der Waals surface area contributed by atoms with Crippen LogP contribution < -0.4 is 0 Å². The summed E-state index contributed by atoms with van der Waals surface area (Å²) in [5.74, 6) is 0. The zero-order valence-electron chi connectivity index (χ0n) is 14.2. The highest BCUT2D eigenvalue weighted by atomic mass is 35.5. The molecule has 4 rings (SSSR count). The van der Waals surface area contributed by atoms with E-state index in [0.29, 0.717) is 6.54 Å². The summed E-state index contributed by atoms with van der Waals surface area (Å²) in [5.41, 5.74) is 5.56. The van der Waals surface area contributed by atoms with Crippen LogP contribution in [0.4, 0.5) is 4.79 Å². The number of amides is 1. The van der Waals surface area contributed by atoms with Gasteiger partial charge in [-0.3, -0.25) is 4.90 Å². The highest BCUT2D eigenvalue weighted by Gasteiger charge is 2.35. The molecule has 1 aromatic heterocycles. The first-order valence-corrected chi connectivity index (χ1v) is 8.67. The van der Waals surface area contributed by atoms with Crippen molar-refractivity contribution in [2.45, 2.75) is 19.4 Å². The number of H-pyrrole nitrogens is 1. The topological polar surface area (TPSA) is 45.3 Å². The Labute approximate surface area is 151 Å². The average Bonchev–Trinajstić information content (AvgIpc) is 2.99. The van der Waals surface area contributed by atoms with Gasteiger partial charge in [-0.05, 0) is 42.7 Å². The van der Waals surface area contributed by atoms with Crippen molar-refractivity contribution in [3.63, 3.8) is 0 Å². The molecule has 0 radical (unpaired) electrons. The molecule has 1 aliphatic heterocycles. The molecule has 0 spiro atoms. The van der Waals surface area contributed by atoms with Crippen LogP contribution in [-0.2, 0) is 11.2 Å². The van der Waals surface area contributed by atoms with E-state index in [9.17, 15) is 4.79 Å². The van der Waals surface area contributed by atoms with Crippen LogP contribution in [0.1, 0.15) is 28.4 Å². The number of rotatable bonds is 1. The Kier molecular flexibility index (Phi) is 3.92. The molecule has 2 heterocycles. The highest BCUT2D eigenvalue weighted by molar-refractivity contribution is 6.31. The lowest BCUT2D eigenvalue weighted by molar-refractivity contribution is 0.108. The number of fused-ring (bicyclic) bond motifs is 3. The smallest absolute Gasteiger partial charge is 0.410 e. The lowest BCUT2D eigenvalue weighted by Gasteiger charge is -2.35. The SMILES string of the molecule is COC(=O)N1CCc2c([nH]c3ccc(Cl)cc23)C1c1ccc(C)cc1. The molecule has 5 heteroatoms. The standard InChI is InChI=1S/C20H19ClN2O2/c1-12-3-5-13(6-4-12)19-18-15(9-10-23(19)20(24)25-2)16-11-14(21)7-8-17(16)22-18/h3-8,11,19,22H,9-10H2,1-2H3. The average molecular weight is 355 g/mol. The number of aromatic nitrogens is 1. The van der Waals surface area contributed by atoms with Gasteiger partial charge in [-0.2, -0.15) is 0 Å². The van der Waals surface area contributed by atoms with Crippen LogP contribution in [0.15, 0.2) is 42.5 Å². The number of nitrogens with zero attached hydrogens (tertiary/aromatic N) is 1. The maximum absolute atomic E-state index is 12.4. The van der Waals surface area contributed by atoms with Gasteiger partial charge in [0.25, 0.3) is 0 Å². The number of carbonyl (C=O) groups excluding carboxylic acids is 1. The number of aryl methyl sites for hydroxylation is 1. The molecular formula is C20H19ClN2O2. The van der Waals surface area contributed by atoms with Gasteiger partial charge in [0.05, 0.1) is 7.11 Å². The Morgan fingerprint density at radius 3 is 2.72 bits per heavy atom. The molecule has 1 amide bonds. The van der Waals surface area contributed by atoms with Crippen molar-refractivity contribution in [3.8, 4) is 0 Å². The minimum absolute atomic E-state index is 0.192. The summed E-state index contributed by atoms with van der Waals surface area (Å²) in [4.78, 5) is 17.7. The zero-order chi connectivity index (χ0) is 17.6. The summed E-state index contributed by atoms with van der Waals surface area (Å²) < 4.78 is 5.03. The van der Waals surface area contributed by atoms with Gasteiger partial charge in [0.15, 0.2) is 0 Å². The van der Waals surface area contributed by atoms with Crippen molar-refractivity contribution in [3.05, 3.63) is 69.9 Å². The molecule has 1 atom stereocenters. The predicted molar refractivity (Wildman–Crippen MR) is 99.1 cm³/mol. The number of methoxy groups -OCH3 is 1. The van der Waals surface area contributed by atoms with Crippen molar-refractivity contribution >= 4 is 28.6 Å². The van der Waals surface area contributed by atoms with Crippen LogP contribution in [0.2, 0.25) is 5.02 Å². The van der Waals surface area contributed by atoms with Gasteiger partial charge in [0.1, 0.15) is 6.04 Å². The molecule has 2 aromatic carbocycles. The Balaban J connectivity index is 1.91. The first kappa shape index (κ1) is 16.0. The predicted octanol–water partition coefficient (Wildman–Crippen LogP) is 4.84. The summed E-state index contributed by atoms with van der Waals surface area (Å²) in [5, 5.41) is 1.85. The van der Waals surface area contributed by atoms with E-state index in [1.165, 1.54) is 18.2 Å². The summed E-state index contributed by atoms with van der Waals surface area (Å²) >= 11 is 6.19. The van der Waals surface area contributed by atoms with E-state index in [4.69, 9.17) is 16.3 Å². The van der Waals surface area contributed by atoms with Gasteiger partial charge in [-0.15, -0.1) is 0 Å². The monoisotopic (exact) mass is 354 g/mol. The van der Waals surface area contributed by atoms with E-state index in [2.05, 4.69) is 36.2 Å². The first-order valence-electron chi connectivity index (χ1n) is 8.29. The Morgan fingerprint density at radius 2 is 2.00 bits per heavy atom. The van der Waals surface area contributed by atoms with E-state index in [1.807, 2.05) is 18.2 Å². The third-order valence-electron chi connectivity index (χ3n) is 4.89. The van der Waals surface area contributed by atoms with Crippen molar-refractivity contribution in [2.75, 3.05) is 13.7 Å². The number of ether oxygens (including phenoxy) is 1. The highest BCUT2D eigenvalue weighted by Crippen LogP contribution is 2.39. The van der Waals surface area contributed by atoms with E-state index in [0.717, 1.165) is 33.6 Å². The van der Waals surface area contributed by atoms with Crippen LogP contribution in [0, 0.1) is 6.92 Å². The lowest BCUT2D eigenvalue weighted by atomic mass is 9.92. The molecule has 25 heavy (non-hydrogen) atoms. The van der Waals surface area contributed by atoms with Crippen LogP contribution in [0.25, 0.3) is 10.9 Å². The van der Waals surface area contributed by atoms with Gasteiger partial charge in [0, 0.05) is 28.2 Å². The third-order valence-corrected chi connectivity index (χ3v) is 5.13. The molecule has 0 bridgehead atoms. The minimum atomic E-state index is -0.312. The summed E-state index contributed by atoms with van der Waals surface area (Å²) in [6.45, 7) is 2.66. The fourth-order valence-corrected chi connectivity index (χ4v) is 3.84. The van der Waals surface area contributed by atoms with E-state index in [-0.39, 0.29) is 12.1 Å². The number of aromatic amines is 1. The molecule has 0 aliphatic carbocycles. The minimum Gasteiger partial charge on any atom is -0.453 e. The maximum atomic E-state index is 12.4. The van der Waals surface area contributed by atoms with Gasteiger partial charge in [0.2, 0.25) is 0 Å². The Hall–Kier alpha value is -2.46. The van der Waals surface area contributed by atoms with E-state index in [1.54, 1.807) is 4.90 Å². The number of hydrogen-bond donors (Lipinski definition) is 1. The van der Waals surface area contributed by atoms with Gasteiger partial charge < -0.3 is 9.72 Å². The Bertz CT molecular complexity index is 946. The number of carbonyl (C=O) groups is 1. The number of halogens is 1. The van der Waals surface area contributed by atoms with Crippen molar-refractivity contribution in [1.29, 1.82) is 0 Å². The second-order valence-corrected chi connectivity index (χ2v) is 6.87. The molecule has 1 N–H and O–H groups in total. The normalized spacial score (nSPS) is 16.8. The van der Waals surface area contributed by atoms with Crippen LogP contribution >= 0.6 is 11.6 Å². The van der Waals surface area contributed by atoms with E-state index >= 15 is 0 Å². The largest absolute Gasteiger partial charge is 0.453 e. The van der Waals surface area contributed by atoms with Gasteiger partial charge >= 0.3 is 6.09 Å². The van der Waals surface area contributed by atoms with Crippen LogP contribution in [0.5, 0.6) is 0 Å². The molecular weight excluding hydrogens is 336 g/mol. The van der Waals surface area contributed by atoms with Crippen LogP contribution in [0.3, 0.4) is 0 Å². The zero-order valence-corrected chi connectivity index (χ0v) is 14.9. The second-order valence-electron chi connectivity index (χ2n) is 6.43. The van der Waals surface area contributed by atoms with E-state index < -0.39 is 0 Å². The molecule has 1 unspecified atom stereocenters. The fraction of sp³-hybridized carbons (Fsp3) is 0.250. The number of nitrogens with one attached hydrogen (secondary N) is 1. The quantitative estimate of drug-likeness (QED) is 0.679. The molecule has 0 fully saturated rings. The maximum Gasteiger partial charge on any atom is 0.410 e. The van der Waals surface area contributed by atoms with Crippen molar-refractivity contribution < 1.29 is 9.53 Å². The second kappa shape index (κ2) is 6.12. The summed E-state index contributed by atoms with van der Waals surface area (Å²) in [6.07, 6.45) is 0.459. The van der Waals surface area contributed by atoms with Crippen LogP contribution in [-0.4, -0.2) is 29.6 Å². The summed E-state index contributed by atoms with van der Waals surface area (Å²) in [6, 6.07) is 14.0. The molecule has 1 aliphatic rings. The molecule has 0 saturated heterocycles. The fourth-order valence-electron chi connectivity index (χ4n) is 3.67. The van der Waals surface area contributed by atoms with Gasteiger partial charge in [-0.25, -0.2) is 4.79 Å². The molecule has 3 aromatic rings. The number of hydrogen-bond acceptors (Lipinski definition) is 2. The number of benzene rings is 2. The summed E-state index contributed by atoms with van der Waals surface area (Å²) in [7, 11) is 1.43. The molecule has 0 saturated carbocycles. The lowest BCUT2D eigenvalue weighted by Crippen LogP contribution is -2.40.